The molecular formula is C10H12LiN. The fourth-order valence-corrected chi connectivity index (χ4v) is 1.82. The molecular weight excluding hydrogens is 141 g/mol. The zero-order valence-corrected chi connectivity index (χ0v) is 7.64. The summed E-state index contributed by atoms with van der Waals surface area (Å²) in [5.74, 6) is 0. The Hall–Kier alpha value is -0.253. The third kappa shape index (κ3) is 1.58. The van der Waals surface area contributed by atoms with Gasteiger partial charge in [0.15, 0.2) is 0 Å². The van der Waals surface area contributed by atoms with Gasteiger partial charge in [0.25, 0.3) is 0 Å². The van der Waals surface area contributed by atoms with Crippen molar-refractivity contribution in [3.63, 3.8) is 0 Å². The normalized spacial score (nSPS) is 15.8. The quantitative estimate of drug-likeness (QED) is 0.559. The number of aryl methyl sites for hydroxylation is 2. The van der Waals surface area contributed by atoms with E-state index in [4.69, 9.17) is 0 Å². The topological polar surface area (TPSA) is 12.9 Å². The van der Waals surface area contributed by atoms with Gasteiger partial charge in [-0.15, -0.1) is 0 Å². The first-order chi connectivity index (χ1) is 5.90. The molecule has 1 nitrogen and oxygen atoms in total. The van der Waals surface area contributed by atoms with E-state index in [1.54, 1.807) is 0 Å². The first kappa shape index (κ1) is 8.35. The van der Waals surface area contributed by atoms with Crippen LogP contribution in [0.3, 0.4) is 0 Å². The van der Waals surface area contributed by atoms with Crippen LogP contribution in [0.25, 0.3) is 0 Å². The molecule has 1 aliphatic rings. The second-order valence-corrected chi connectivity index (χ2v) is 3.47. The van der Waals surface area contributed by atoms with Gasteiger partial charge in [-0.05, 0) is 0 Å². The summed E-state index contributed by atoms with van der Waals surface area (Å²) in [6.45, 7) is 0. The number of fused-ring (bicyclic) bond motifs is 1. The molecule has 2 rings (SSSR count). The Bertz CT molecular complexity index is 283. The van der Waals surface area contributed by atoms with Crippen LogP contribution in [-0.4, -0.2) is 22.7 Å². The molecule has 0 N–H and O–H groups in total. The van der Waals surface area contributed by atoms with Crippen LogP contribution in [0.2, 0.25) is 0 Å². The van der Waals surface area contributed by atoms with E-state index in [2.05, 4.69) is 34.8 Å². The third-order valence-electron chi connectivity index (χ3n) is 2.60. The molecule has 12 heavy (non-hydrogen) atoms. The first-order valence-electron chi connectivity index (χ1n) is 4.88. The summed E-state index contributed by atoms with van der Waals surface area (Å²) in [5.41, 5.74) is 4.09. The van der Waals surface area contributed by atoms with Crippen molar-refractivity contribution in [1.29, 1.82) is 0 Å². The first-order valence-corrected chi connectivity index (χ1v) is 4.88. The number of aromatic nitrogens is 1. The van der Waals surface area contributed by atoms with Gasteiger partial charge in [0.05, 0.1) is 0 Å². The standard InChI is InChI=1S/C10H12N.Li/c1-8-6-7-9-4-2-3-5-10(9)11-8;/h6-7H,1-5H2;. The average Bonchev–Trinajstić information content (AvgIpc) is 2.17. The zero-order chi connectivity index (χ0) is 8.39. The van der Waals surface area contributed by atoms with E-state index < -0.39 is 0 Å². The van der Waals surface area contributed by atoms with Crippen molar-refractivity contribution < 1.29 is 0 Å². The van der Waals surface area contributed by atoms with Gasteiger partial charge in [-0.3, -0.25) is 0 Å². The molecule has 0 spiro atoms. The molecule has 1 aromatic rings. The van der Waals surface area contributed by atoms with E-state index in [0.29, 0.717) is 0 Å². The Balaban J connectivity index is 2.36. The minimum absolute atomic E-state index is 1.06. The van der Waals surface area contributed by atoms with Crippen LogP contribution < -0.4 is 0 Å². The van der Waals surface area contributed by atoms with Crippen molar-refractivity contribution in [1.82, 2.24) is 4.98 Å². The van der Waals surface area contributed by atoms with Crippen molar-refractivity contribution in [2.24, 2.45) is 0 Å². The molecule has 0 radical (unpaired) electrons. The van der Waals surface area contributed by atoms with Crippen LogP contribution in [-0.2, 0) is 17.9 Å². The molecule has 1 aliphatic carbocycles. The third-order valence-corrected chi connectivity index (χ3v) is 2.60. The van der Waals surface area contributed by atoms with Gasteiger partial charge in [-0.25, -0.2) is 0 Å². The molecule has 0 amide bonds. The summed E-state index contributed by atoms with van der Waals surface area (Å²) in [7, 11) is 0. The maximum atomic E-state index is 4.63. The Morgan fingerprint density at radius 1 is 1.25 bits per heavy atom. The van der Waals surface area contributed by atoms with Gasteiger partial charge < -0.3 is 0 Å². The molecule has 2 heteroatoms. The van der Waals surface area contributed by atoms with Crippen LogP contribution in [0.4, 0.5) is 0 Å². The van der Waals surface area contributed by atoms with Crippen molar-refractivity contribution in [3.8, 4) is 0 Å². The fraction of sp³-hybridized carbons (Fsp3) is 0.500. The van der Waals surface area contributed by atoms with E-state index in [-0.39, 0.29) is 0 Å². The second-order valence-electron chi connectivity index (χ2n) is 3.47. The van der Waals surface area contributed by atoms with Crippen LogP contribution in [0.5, 0.6) is 0 Å². The molecule has 0 aromatic carbocycles. The molecule has 0 atom stereocenters. The summed E-state index contributed by atoms with van der Waals surface area (Å²) in [6, 6.07) is 4.44. The van der Waals surface area contributed by atoms with E-state index in [0.717, 1.165) is 5.09 Å². The Kier molecular flexibility index (Phi) is 2.53. The molecule has 0 bridgehead atoms. The summed E-state index contributed by atoms with van der Waals surface area (Å²) in [5, 5.41) is 1.06. The molecule has 58 valence electrons. The van der Waals surface area contributed by atoms with Gasteiger partial charge in [-0.1, -0.05) is 0 Å². The number of hydrogen-bond acceptors (Lipinski definition) is 1. The Morgan fingerprint density at radius 2 is 2.08 bits per heavy atom. The molecule has 0 aliphatic heterocycles. The minimum atomic E-state index is 1.06. The van der Waals surface area contributed by atoms with E-state index in [1.165, 1.54) is 42.6 Å². The fourth-order valence-electron chi connectivity index (χ4n) is 1.82. The molecule has 0 fully saturated rings. The molecule has 0 saturated heterocycles. The molecule has 0 saturated carbocycles. The number of hydrogen-bond donors (Lipinski definition) is 0. The monoisotopic (exact) mass is 153 g/mol. The van der Waals surface area contributed by atoms with Crippen molar-refractivity contribution >= 4 is 17.7 Å². The Labute approximate surface area is 82.8 Å². The van der Waals surface area contributed by atoms with Crippen LogP contribution in [0, 0.1) is 0 Å². The number of rotatable bonds is 1. The van der Waals surface area contributed by atoms with E-state index in [9.17, 15) is 0 Å². The van der Waals surface area contributed by atoms with Crippen molar-refractivity contribution in [2.75, 3.05) is 0 Å². The predicted octanol–water partition coefficient (Wildman–Crippen LogP) is 1.63. The summed E-state index contributed by atoms with van der Waals surface area (Å²) in [4.78, 5) is 4.63. The number of nitrogens with zero attached hydrogens (tertiary/aromatic N) is 1. The molecule has 1 heterocycles. The van der Waals surface area contributed by atoms with Crippen LogP contribution in [0.15, 0.2) is 12.1 Å². The maximum absolute atomic E-state index is 4.63. The molecule has 1 aromatic heterocycles. The van der Waals surface area contributed by atoms with Gasteiger partial charge in [0, 0.05) is 0 Å². The number of pyridine rings is 1. The Morgan fingerprint density at radius 3 is 2.92 bits per heavy atom. The van der Waals surface area contributed by atoms with E-state index in [1.807, 2.05) is 0 Å². The molecule has 0 unspecified atom stereocenters. The van der Waals surface area contributed by atoms with Crippen LogP contribution in [0.1, 0.15) is 29.8 Å². The van der Waals surface area contributed by atoms with Gasteiger partial charge in [0.2, 0.25) is 0 Å². The van der Waals surface area contributed by atoms with E-state index >= 15 is 0 Å². The summed E-state index contributed by atoms with van der Waals surface area (Å²) < 4.78 is 0. The zero-order valence-electron chi connectivity index (χ0n) is 7.64. The summed E-state index contributed by atoms with van der Waals surface area (Å²) in [6.07, 6.45) is 5.11. The van der Waals surface area contributed by atoms with Crippen molar-refractivity contribution in [3.05, 3.63) is 29.1 Å². The second kappa shape index (κ2) is 3.64. The van der Waals surface area contributed by atoms with Crippen LogP contribution >= 0.6 is 0 Å². The van der Waals surface area contributed by atoms with Crippen molar-refractivity contribution in [2.45, 2.75) is 30.8 Å². The predicted molar refractivity (Wildman–Crippen MR) is 50.3 cm³/mol. The average molecular weight is 153 g/mol. The SMILES string of the molecule is [Li][CH2]c1ccc2c(n1)CCCC2. The summed E-state index contributed by atoms with van der Waals surface area (Å²) >= 11 is 2.16. The van der Waals surface area contributed by atoms with Gasteiger partial charge in [-0.2, -0.15) is 0 Å². The van der Waals surface area contributed by atoms with Gasteiger partial charge in [0.1, 0.15) is 0 Å². The van der Waals surface area contributed by atoms with Gasteiger partial charge >= 0.3 is 82.6 Å².